The summed E-state index contributed by atoms with van der Waals surface area (Å²) in [6.45, 7) is 13.8. The van der Waals surface area contributed by atoms with Gasteiger partial charge in [0.15, 0.2) is 0 Å². The van der Waals surface area contributed by atoms with Crippen molar-refractivity contribution in [1.29, 1.82) is 0 Å². The van der Waals surface area contributed by atoms with Crippen LogP contribution in [0.15, 0.2) is 109 Å². The summed E-state index contributed by atoms with van der Waals surface area (Å²) in [7, 11) is 0. The molecule has 0 heterocycles. The van der Waals surface area contributed by atoms with Gasteiger partial charge in [-0.15, -0.1) is 0 Å². The summed E-state index contributed by atoms with van der Waals surface area (Å²) in [5, 5.41) is 0. The molecule has 1 aliphatic carbocycles. The predicted molar refractivity (Wildman–Crippen MR) is 168 cm³/mol. The summed E-state index contributed by atoms with van der Waals surface area (Å²) in [4.78, 5) is 0. The van der Waals surface area contributed by atoms with Gasteiger partial charge in [-0.3, -0.25) is 0 Å². The molecular weight excluding hydrogens is 468 g/mol. The second kappa shape index (κ2) is 9.38. The fraction of sp³-hybridized carbons (Fsp3) is 0.231. The van der Waals surface area contributed by atoms with Crippen LogP contribution in [0.5, 0.6) is 0 Å². The first-order chi connectivity index (χ1) is 18.6. The molecule has 0 nitrogen and oxygen atoms in total. The van der Waals surface area contributed by atoms with Crippen molar-refractivity contribution in [3.05, 3.63) is 131 Å². The molecule has 1 aliphatic rings. The van der Waals surface area contributed by atoms with Gasteiger partial charge in [0.2, 0.25) is 0 Å². The van der Waals surface area contributed by atoms with Crippen LogP contribution < -0.4 is 0 Å². The molecule has 5 aromatic rings. The van der Waals surface area contributed by atoms with Crippen LogP contribution in [-0.4, -0.2) is 0 Å². The Morgan fingerprint density at radius 3 is 1.67 bits per heavy atom. The molecule has 0 amide bonds. The zero-order valence-electron chi connectivity index (χ0n) is 24.1. The van der Waals surface area contributed by atoms with Gasteiger partial charge < -0.3 is 0 Å². The van der Waals surface area contributed by atoms with Gasteiger partial charge in [-0.05, 0) is 90.1 Å². The number of rotatable bonds is 3. The zero-order valence-corrected chi connectivity index (χ0v) is 24.1. The van der Waals surface area contributed by atoms with E-state index >= 15 is 0 Å². The molecule has 0 fully saturated rings. The van der Waals surface area contributed by atoms with Gasteiger partial charge in [-0.1, -0.05) is 145 Å². The number of hydrogen-bond acceptors (Lipinski definition) is 0. The molecule has 0 aromatic heterocycles. The Labute approximate surface area is 234 Å². The Morgan fingerprint density at radius 2 is 1.00 bits per heavy atom. The topological polar surface area (TPSA) is 0 Å². The van der Waals surface area contributed by atoms with E-state index in [9.17, 15) is 0 Å². The van der Waals surface area contributed by atoms with Crippen LogP contribution in [0, 0.1) is 0 Å². The molecule has 6 rings (SSSR count). The summed E-state index contributed by atoms with van der Waals surface area (Å²) in [5.74, 6) is 0. The Balaban J connectivity index is 1.75. The van der Waals surface area contributed by atoms with Crippen molar-refractivity contribution < 1.29 is 0 Å². The molecule has 0 aliphatic heterocycles. The third-order valence-electron chi connectivity index (χ3n) is 8.23. The third-order valence-corrected chi connectivity index (χ3v) is 8.23. The summed E-state index contributed by atoms with van der Waals surface area (Å²) in [5.41, 5.74) is 16.3. The smallest absolute Gasteiger partial charge is 0.000705 e. The van der Waals surface area contributed by atoms with Crippen molar-refractivity contribution in [2.24, 2.45) is 0 Å². The van der Waals surface area contributed by atoms with Crippen molar-refractivity contribution in [2.45, 2.75) is 58.8 Å². The van der Waals surface area contributed by atoms with E-state index in [1.54, 1.807) is 0 Å². The van der Waals surface area contributed by atoms with Crippen molar-refractivity contribution in [3.8, 4) is 44.5 Å². The maximum absolute atomic E-state index is 2.48. The van der Waals surface area contributed by atoms with Crippen LogP contribution >= 0.6 is 0 Å². The molecule has 0 spiro atoms. The molecule has 0 saturated carbocycles. The number of hydrogen-bond donors (Lipinski definition) is 0. The van der Waals surface area contributed by atoms with Crippen LogP contribution in [-0.2, 0) is 17.3 Å². The predicted octanol–water partition coefficient (Wildman–Crippen LogP) is 10.9. The first kappa shape index (κ1) is 25.4. The lowest BCUT2D eigenvalue weighted by Crippen LogP contribution is -2.11. The van der Waals surface area contributed by atoms with Crippen molar-refractivity contribution in [2.75, 3.05) is 0 Å². The second-order valence-corrected chi connectivity index (χ2v) is 13.1. The maximum Gasteiger partial charge on any atom is -0.000705 e. The normalized spacial score (nSPS) is 12.8. The highest BCUT2D eigenvalue weighted by Crippen LogP contribution is 2.50. The Hall–Kier alpha value is -3.90. The lowest BCUT2D eigenvalue weighted by molar-refractivity contribution is 0.590. The van der Waals surface area contributed by atoms with Gasteiger partial charge >= 0.3 is 0 Å². The minimum absolute atomic E-state index is 0.0716. The van der Waals surface area contributed by atoms with Crippen molar-refractivity contribution >= 4 is 0 Å². The second-order valence-electron chi connectivity index (χ2n) is 13.1. The molecule has 0 N–H and O–H groups in total. The maximum atomic E-state index is 2.48. The third kappa shape index (κ3) is 4.63. The van der Waals surface area contributed by atoms with Gasteiger partial charge in [0.25, 0.3) is 0 Å². The summed E-state index contributed by atoms with van der Waals surface area (Å²) in [6.07, 6.45) is 0.962. The number of benzene rings is 5. The largest absolute Gasteiger partial charge is 0.0622 e. The fourth-order valence-electron chi connectivity index (χ4n) is 6.02. The van der Waals surface area contributed by atoms with Crippen LogP contribution in [0.2, 0.25) is 0 Å². The van der Waals surface area contributed by atoms with E-state index in [-0.39, 0.29) is 10.8 Å². The van der Waals surface area contributed by atoms with Crippen molar-refractivity contribution in [3.63, 3.8) is 0 Å². The highest BCUT2D eigenvalue weighted by atomic mass is 14.3. The standard InChI is InChI=1S/C39H38/c1-38(2,3)30-19-12-17-27(22-30)33-25-34-32-21-11-10-16-28(32)24-35(34)36(26-14-8-7-9-15-26)37(33)29-18-13-20-31(23-29)39(4,5)6/h7-23,25H,24H2,1-6H3. The molecule has 5 aromatic carbocycles. The van der Waals surface area contributed by atoms with E-state index < -0.39 is 0 Å². The van der Waals surface area contributed by atoms with Crippen LogP contribution in [0.4, 0.5) is 0 Å². The molecule has 0 atom stereocenters. The summed E-state index contributed by atoms with van der Waals surface area (Å²) >= 11 is 0. The average molecular weight is 507 g/mol. The molecule has 0 bridgehead atoms. The van der Waals surface area contributed by atoms with E-state index in [0.29, 0.717) is 0 Å². The Kier molecular flexibility index (Phi) is 6.11. The van der Waals surface area contributed by atoms with E-state index in [1.165, 1.54) is 66.8 Å². The van der Waals surface area contributed by atoms with Gasteiger partial charge in [-0.2, -0.15) is 0 Å². The molecular formula is C39H38. The fourth-order valence-corrected chi connectivity index (χ4v) is 6.02. The quantitative estimate of drug-likeness (QED) is 0.224. The lowest BCUT2D eigenvalue weighted by Gasteiger charge is -2.25. The van der Waals surface area contributed by atoms with E-state index in [0.717, 1.165) is 6.42 Å². The molecule has 0 unspecified atom stereocenters. The van der Waals surface area contributed by atoms with Gasteiger partial charge in [0.05, 0.1) is 0 Å². The Morgan fingerprint density at radius 1 is 0.436 bits per heavy atom. The van der Waals surface area contributed by atoms with E-state index in [4.69, 9.17) is 0 Å². The molecule has 0 radical (unpaired) electrons. The minimum Gasteiger partial charge on any atom is -0.0622 e. The summed E-state index contributed by atoms with van der Waals surface area (Å²) < 4.78 is 0. The van der Waals surface area contributed by atoms with Crippen LogP contribution in [0.1, 0.15) is 63.8 Å². The molecule has 0 heteroatoms. The number of fused-ring (bicyclic) bond motifs is 3. The minimum atomic E-state index is 0.0716. The molecule has 39 heavy (non-hydrogen) atoms. The lowest BCUT2D eigenvalue weighted by atomic mass is 9.79. The zero-order chi connectivity index (χ0) is 27.4. The highest BCUT2D eigenvalue weighted by Gasteiger charge is 2.28. The summed E-state index contributed by atoms with van der Waals surface area (Å²) in [6, 6.07) is 40.9. The molecule has 194 valence electrons. The van der Waals surface area contributed by atoms with Crippen molar-refractivity contribution in [1.82, 2.24) is 0 Å². The van der Waals surface area contributed by atoms with Gasteiger partial charge in [0, 0.05) is 0 Å². The monoisotopic (exact) mass is 506 g/mol. The Bertz CT molecular complexity index is 1670. The van der Waals surface area contributed by atoms with E-state index in [1.807, 2.05) is 0 Å². The van der Waals surface area contributed by atoms with E-state index in [2.05, 4.69) is 151 Å². The average Bonchev–Trinajstić information content (AvgIpc) is 3.30. The first-order valence-corrected chi connectivity index (χ1v) is 14.2. The molecule has 0 saturated heterocycles. The first-order valence-electron chi connectivity index (χ1n) is 14.2. The van der Waals surface area contributed by atoms with Crippen LogP contribution in [0.25, 0.3) is 44.5 Å². The highest BCUT2D eigenvalue weighted by molar-refractivity contribution is 6.01. The van der Waals surface area contributed by atoms with Gasteiger partial charge in [-0.25, -0.2) is 0 Å². The van der Waals surface area contributed by atoms with Crippen LogP contribution in [0.3, 0.4) is 0 Å². The van der Waals surface area contributed by atoms with Gasteiger partial charge in [0.1, 0.15) is 0 Å². The SMILES string of the molecule is CC(C)(C)c1cccc(-c2cc3c(c(-c4ccccc4)c2-c2cccc(C(C)(C)C)c2)Cc2ccccc2-3)c1.